The topological polar surface area (TPSA) is 108 Å². The highest BCUT2D eigenvalue weighted by Gasteiger charge is 2.19. The number of carbonyl (C=O) groups is 1. The van der Waals surface area contributed by atoms with Gasteiger partial charge in [-0.15, -0.1) is 0 Å². The van der Waals surface area contributed by atoms with E-state index < -0.39 is 11.2 Å². The van der Waals surface area contributed by atoms with Crippen LogP contribution in [0.15, 0.2) is 46.4 Å². The fourth-order valence-electron chi connectivity index (χ4n) is 3.58. The van der Waals surface area contributed by atoms with Crippen LogP contribution < -0.4 is 11.2 Å². The normalized spacial score (nSPS) is 11.2. The number of rotatable bonds is 5. The monoisotopic (exact) mass is 390 g/mol. The first kappa shape index (κ1) is 18.4. The molecule has 9 nitrogen and oxygen atoms in total. The van der Waals surface area contributed by atoms with E-state index in [-0.39, 0.29) is 23.5 Å². The summed E-state index contributed by atoms with van der Waals surface area (Å²) < 4.78 is 5.64. The summed E-state index contributed by atoms with van der Waals surface area (Å²) in [5.41, 5.74) is 0.866. The van der Waals surface area contributed by atoms with Crippen molar-refractivity contribution in [2.75, 3.05) is 0 Å². The third-order valence-corrected chi connectivity index (χ3v) is 5.08. The summed E-state index contributed by atoms with van der Waals surface area (Å²) in [5.74, 6) is -0.188. The van der Waals surface area contributed by atoms with E-state index in [4.69, 9.17) is 5.26 Å². The van der Waals surface area contributed by atoms with E-state index in [9.17, 15) is 14.4 Å². The number of fused-ring (bicyclic) bond motifs is 2. The van der Waals surface area contributed by atoms with Gasteiger partial charge in [0, 0.05) is 43.3 Å². The number of nitriles is 1. The Morgan fingerprint density at radius 3 is 2.66 bits per heavy atom. The van der Waals surface area contributed by atoms with Gasteiger partial charge in [-0.05, 0) is 6.07 Å². The van der Waals surface area contributed by atoms with Gasteiger partial charge in [0.2, 0.25) is 0 Å². The predicted molar refractivity (Wildman–Crippen MR) is 107 cm³/mol. The van der Waals surface area contributed by atoms with Crippen LogP contribution in [0, 0.1) is 11.3 Å². The van der Waals surface area contributed by atoms with Crippen LogP contribution in [0.25, 0.3) is 22.1 Å². The number of Topliss-reactive ketones (excluding diaryl/α,β-unsaturated/α-hetero) is 1. The highest BCUT2D eigenvalue weighted by atomic mass is 16.2. The number of imidazole rings is 1. The van der Waals surface area contributed by atoms with Gasteiger partial charge >= 0.3 is 5.69 Å². The van der Waals surface area contributed by atoms with Crippen LogP contribution in [-0.4, -0.2) is 29.0 Å². The molecule has 0 unspecified atom stereocenters. The van der Waals surface area contributed by atoms with Gasteiger partial charge in [-0.2, -0.15) is 5.26 Å². The lowest BCUT2D eigenvalue weighted by Gasteiger charge is -2.06. The molecule has 0 spiro atoms. The van der Waals surface area contributed by atoms with E-state index in [1.807, 2.05) is 28.8 Å². The highest BCUT2D eigenvalue weighted by Crippen LogP contribution is 2.23. The number of ketones is 1. The lowest BCUT2D eigenvalue weighted by Crippen LogP contribution is -2.37. The molecule has 9 heteroatoms. The molecule has 0 saturated carbocycles. The number of carbonyl (C=O) groups excluding carboxylic acids is 1. The van der Waals surface area contributed by atoms with Gasteiger partial charge in [0.15, 0.2) is 16.9 Å². The van der Waals surface area contributed by atoms with Gasteiger partial charge < -0.3 is 9.13 Å². The second-order valence-electron chi connectivity index (χ2n) is 6.84. The van der Waals surface area contributed by atoms with Gasteiger partial charge in [0.05, 0.1) is 25.4 Å². The summed E-state index contributed by atoms with van der Waals surface area (Å²) in [6.45, 7) is 0.400. The van der Waals surface area contributed by atoms with Crippen molar-refractivity contribution in [1.29, 1.82) is 5.26 Å². The zero-order chi connectivity index (χ0) is 20.7. The van der Waals surface area contributed by atoms with Gasteiger partial charge in [0.1, 0.15) is 0 Å². The number of aryl methyl sites for hydroxylation is 2. The Morgan fingerprint density at radius 2 is 1.90 bits per heavy atom. The van der Waals surface area contributed by atoms with Crippen molar-refractivity contribution in [3.05, 3.63) is 63.2 Å². The van der Waals surface area contributed by atoms with Crippen molar-refractivity contribution in [1.82, 2.24) is 23.3 Å². The average molecular weight is 390 g/mol. The fourth-order valence-corrected chi connectivity index (χ4v) is 3.58. The third-order valence-electron chi connectivity index (χ3n) is 5.08. The van der Waals surface area contributed by atoms with Gasteiger partial charge in [-0.1, -0.05) is 18.2 Å². The van der Waals surface area contributed by atoms with Crippen molar-refractivity contribution in [2.45, 2.75) is 19.5 Å². The third kappa shape index (κ3) is 2.86. The zero-order valence-electron chi connectivity index (χ0n) is 16.0. The molecular weight excluding hydrogens is 372 g/mol. The molecule has 4 rings (SSSR count). The second-order valence-corrected chi connectivity index (χ2v) is 6.84. The van der Waals surface area contributed by atoms with E-state index in [1.54, 1.807) is 6.20 Å². The zero-order valence-corrected chi connectivity index (χ0v) is 16.0. The van der Waals surface area contributed by atoms with Gasteiger partial charge in [-0.3, -0.25) is 18.7 Å². The molecule has 146 valence electrons. The summed E-state index contributed by atoms with van der Waals surface area (Å²) in [4.78, 5) is 41.9. The molecule has 0 fully saturated rings. The Balaban J connectivity index is 1.79. The first-order chi connectivity index (χ1) is 13.9. The van der Waals surface area contributed by atoms with E-state index in [0.717, 1.165) is 15.5 Å². The highest BCUT2D eigenvalue weighted by molar-refractivity contribution is 6.08. The number of hydrogen-bond donors (Lipinski definition) is 0. The number of aromatic nitrogens is 5. The molecular formula is C20H18N6O3. The molecule has 1 aromatic carbocycles. The number of nitrogens with zero attached hydrogens (tertiary/aromatic N) is 6. The van der Waals surface area contributed by atoms with Crippen LogP contribution in [0.3, 0.4) is 0 Å². The van der Waals surface area contributed by atoms with Crippen LogP contribution in [-0.2, 0) is 27.2 Å². The molecule has 0 atom stereocenters. The fraction of sp³-hybridized carbons (Fsp3) is 0.250. The largest absolute Gasteiger partial charge is 0.346 e. The van der Waals surface area contributed by atoms with Crippen LogP contribution in [0.1, 0.15) is 16.8 Å². The Morgan fingerprint density at radius 1 is 1.14 bits per heavy atom. The SMILES string of the molecule is Cn1c(=O)c2c(ncn2CC(=O)c2cn(CCC#N)c3ccccc23)n(C)c1=O. The molecule has 0 aliphatic carbocycles. The Labute approximate surface area is 164 Å². The van der Waals surface area contributed by atoms with E-state index in [2.05, 4.69) is 11.1 Å². The molecule has 29 heavy (non-hydrogen) atoms. The minimum atomic E-state index is -0.496. The maximum atomic E-state index is 13.1. The lowest BCUT2D eigenvalue weighted by atomic mass is 10.1. The van der Waals surface area contributed by atoms with Crippen molar-refractivity contribution in [3.8, 4) is 6.07 Å². The molecule has 0 bridgehead atoms. The summed E-state index contributed by atoms with van der Waals surface area (Å²) in [6.07, 6.45) is 3.48. The van der Waals surface area contributed by atoms with Crippen molar-refractivity contribution in [2.24, 2.45) is 14.1 Å². The Bertz CT molecular complexity index is 1430. The second kappa shape index (κ2) is 6.91. The molecule has 0 amide bonds. The molecule has 0 N–H and O–H groups in total. The number of hydrogen-bond acceptors (Lipinski definition) is 5. The number of para-hydroxylation sites is 1. The van der Waals surface area contributed by atoms with Crippen LogP contribution in [0.2, 0.25) is 0 Å². The first-order valence-corrected chi connectivity index (χ1v) is 9.03. The molecule has 3 heterocycles. The van der Waals surface area contributed by atoms with Crippen molar-refractivity contribution in [3.63, 3.8) is 0 Å². The smallest absolute Gasteiger partial charge is 0.332 e. The molecule has 3 aromatic heterocycles. The summed E-state index contributed by atoms with van der Waals surface area (Å²) in [7, 11) is 2.93. The maximum absolute atomic E-state index is 13.1. The van der Waals surface area contributed by atoms with E-state index in [1.165, 1.54) is 29.6 Å². The standard InChI is InChI=1S/C20H18N6O3/c1-23-18-17(19(28)24(2)20(23)29)26(12-22-18)11-16(27)14-10-25(9-5-8-21)15-7-4-3-6-13(14)15/h3-4,6-7,10,12H,5,9,11H2,1-2H3. The first-order valence-electron chi connectivity index (χ1n) is 9.03. The van der Waals surface area contributed by atoms with E-state index >= 15 is 0 Å². The molecule has 0 aliphatic heterocycles. The van der Waals surface area contributed by atoms with Gasteiger partial charge in [0.25, 0.3) is 5.56 Å². The minimum Gasteiger partial charge on any atom is -0.346 e. The van der Waals surface area contributed by atoms with Crippen molar-refractivity contribution < 1.29 is 4.79 Å². The maximum Gasteiger partial charge on any atom is 0.332 e. The quantitative estimate of drug-likeness (QED) is 0.476. The average Bonchev–Trinajstić information content (AvgIpc) is 3.31. The molecule has 0 aliphatic rings. The molecule has 4 aromatic rings. The molecule has 0 radical (unpaired) electrons. The number of benzene rings is 1. The predicted octanol–water partition coefficient (Wildman–Crippen LogP) is 1.18. The minimum absolute atomic E-state index is 0.0871. The lowest BCUT2D eigenvalue weighted by molar-refractivity contribution is 0.0974. The van der Waals surface area contributed by atoms with E-state index in [0.29, 0.717) is 18.5 Å². The summed E-state index contributed by atoms with van der Waals surface area (Å²) >= 11 is 0. The van der Waals surface area contributed by atoms with Crippen molar-refractivity contribution >= 4 is 27.9 Å². The summed E-state index contributed by atoms with van der Waals surface area (Å²) in [6, 6.07) is 9.61. The van der Waals surface area contributed by atoms with Gasteiger partial charge in [-0.25, -0.2) is 9.78 Å². The Hall–Kier alpha value is -3.93. The van der Waals surface area contributed by atoms with Crippen LogP contribution >= 0.6 is 0 Å². The van der Waals surface area contributed by atoms with Crippen LogP contribution in [0.5, 0.6) is 0 Å². The van der Waals surface area contributed by atoms with Crippen LogP contribution in [0.4, 0.5) is 0 Å². The molecule has 0 saturated heterocycles. The Kier molecular flexibility index (Phi) is 4.39. The summed E-state index contributed by atoms with van der Waals surface area (Å²) in [5, 5.41) is 9.67.